The minimum atomic E-state index is -0.223. The summed E-state index contributed by atoms with van der Waals surface area (Å²) >= 11 is 1.48. The van der Waals surface area contributed by atoms with Crippen molar-refractivity contribution in [2.45, 2.75) is 17.6 Å². The number of carbonyl (C=O) groups excluding carboxylic acids is 1. The SMILES string of the molecule is O=C(CC1CSc2nc3[nH]ncc3c(=O)n21)Nc1cccc2ccccc12. The maximum atomic E-state index is 12.7. The number of rotatable bonds is 3. The molecule has 2 aromatic heterocycles. The lowest BCUT2D eigenvalue weighted by atomic mass is 10.1. The molecule has 1 aliphatic rings. The van der Waals surface area contributed by atoms with Crippen LogP contribution in [-0.4, -0.2) is 31.4 Å². The van der Waals surface area contributed by atoms with Gasteiger partial charge in [0.15, 0.2) is 10.8 Å². The second-order valence-corrected chi connectivity index (χ2v) is 7.43. The molecule has 0 saturated carbocycles. The van der Waals surface area contributed by atoms with E-state index in [2.05, 4.69) is 20.5 Å². The summed E-state index contributed by atoms with van der Waals surface area (Å²) in [5.74, 6) is 0.523. The van der Waals surface area contributed by atoms with Crippen LogP contribution in [0.15, 0.2) is 58.6 Å². The molecule has 134 valence electrons. The molecule has 0 bridgehead atoms. The first-order valence-corrected chi connectivity index (χ1v) is 9.55. The molecule has 0 radical (unpaired) electrons. The Hall–Kier alpha value is -3.13. The van der Waals surface area contributed by atoms with Gasteiger partial charge in [-0.3, -0.25) is 19.3 Å². The van der Waals surface area contributed by atoms with Crippen molar-refractivity contribution in [3.05, 3.63) is 59.0 Å². The van der Waals surface area contributed by atoms with Crippen molar-refractivity contribution in [1.29, 1.82) is 0 Å². The Morgan fingerprint density at radius 2 is 2.07 bits per heavy atom. The van der Waals surface area contributed by atoms with E-state index in [-0.39, 0.29) is 23.9 Å². The maximum Gasteiger partial charge on any atom is 0.265 e. The third kappa shape index (κ3) is 2.69. The van der Waals surface area contributed by atoms with E-state index < -0.39 is 0 Å². The molecule has 3 heterocycles. The van der Waals surface area contributed by atoms with Crippen LogP contribution in [0, 0.1) is 0 Å². The van der Waals surface area contributed by atoms with Crippen molar-refractivity contribution in [3.63, 3.8) is 0 Å². The Kier molecular flexibility index (Phi) is 3.71. The second kappa shape index (κ2) is 6.24. The van der Waals surface area contributed by atoms with Gasteiger partial charge in [-0.05, 0) is 11.5 Å². The third-order valence-corrected chi connectivity index (χ3v) is 5.83. The summed E-state index contributed by atoms with van der Waals surface area (Å²) in [5, 5.41) is 12.7. The number of aromatic nitrogens is 4. The number of thioether (sulfide) groups is 1. The van der Waals surface area contributed by atoms with E-state index in [1.165, 1.54) is 18.0 Å². The Balaban J connectivity index is 1.42. The zero-order valence-electron chi connectivity index (χ0n) is 14.2. The lowest BCUT2D eigenvalue weighted by Gasteiger charge is -2.14. The molecule has 1 atom stereocenters. The number of hydrogen-bond acceptors (Lipinski definition) is 5. The molecule has 1 aliphatic heterocycles. The fourth-order valence-corrected chi connectivity index (χ4v) is 4.59. The van der Waals surface area contributed by atoms with Crippen molar-refractivity contribution in [1.82, 2.24) is 19.7 Å². The van der Waals surface area contributed by atoms with Crippen LogP contribution in [0.25, 0.3) is 21.8 Å². The molecular weight excluding hydrogens is 362 g/mol. The molecule has 0 saturated heterocycles. The first kappa shape index (κ1) is 16.1. The molecule has 2 N–H and O–H groups in total. The van der Waals surface area contributed by atoms with Crippen molar-refractivity contribution in [2.24, 2.45) is 0 Å². The van der Waals surface area contributed by atoms with Crippen LogP contribution in [0.5, 0.6) is 0 Å². The van der Waals surface area contributed by atoms with Crippen molar-refractivity contribution in [2.75, 3.05) is 11.1 Å². The molecule has 2 aromatic carbocycles. The zero-order valence-corrected chi connectivity index (χ0v) is 15.0. The fourth-order valence-electron chi connectivity index (χ4n) is 3.46. The van der Waals surface area contributed by atoms with Gasteiger partial charge in [0, 0.05) is 23.2 Å². The van der Waals surface area contributed by atoms with E-state index in [9.17, 15) is 9.59 Å². The summed E-state index contributed by atoms with van der Waals surface area (Å²) in [6.07, 6.45) is 1.70. The minimum absolute atomic E-state index is 0.121. The third-order valence-electron chi connectivity index (χ3n) is 4.74. The molecule has 1 amide bonds. The second-order valence-electron chi connectivity index (χ2n) is 6.45. The van der Waals surface area contributed by atoms with Crippen LogP contribution < -0.4 is 10.9 Å². The first-order chi connectivity index (χ1) is 13.2. The van der Waals surface area contributed by atoms with Crippen molar-refractivity contribution >= 4 is 45.2 Å². The van der Waals surface area contributed by atoms with Crippen molar-refractivity contribution in [3.8, 4) is 0 Å². The van der Waals surface area contributed by atoms with Gasteiger partial charge in [0.2, 0.25) is 5.91 Å². The summed E-state index contributed by atoms with van der Waals surface area (Å²) in [5.41, 5.74) is 1.11. The molecule has 7 nitrogen and oxygen atoms in total. The number of nitrogens with one attached hydrogen (secondary N) is 2. The molecule has 5 rings (SSSR count). The van der Waals surface area contributed by atoms with Gasteiger partial charge >= 0.3 is 0 Å². The predicted molar refractivity (Wildman–Crippen MR) is 105 cm³/mol. The number of aromatic amines is 1. The van der Waals surface area contributed by atoms with Gasteiger partial charge in [-0.15, -0.1) is 0 Å². The molecule has 27 heavy (non-hydrogen) atoms. The van der Waals surface area contributed by atoms with Gasteiger partial charge < -0.3 is 5.32 Å². The first-order valence-electron chi connectivity index (χ1n) is 8.57. The molecule has 4 aromatic rings. The topological polar surface area (TPSA) is 92.7 Å². The zero-order chi connectivity index (χ0) is 18.4. The highest BCUT2D eigenvalue weighted by Crippen LogP contribution is 2.33. The standard InChI is InChI=1S/C19H15N5O2S/c25-16(21-15-7-3-5-11-4-1-2-6-13(11)15)8-12-10-27-19-22-17-14(9-20-23-17)18(26)24(12)19/h1-7,9,12H,8,10H2,(H,20,23)(H,21,25). The molecule has 0 aliphatic carbocycles. The van der Waals surface area contributed by atoms with Crippen LogP contribution in [0.1, 0.15) is 12.5 Å². The smallest absolute Gasteiger partial charge is 0.265 e. The lowest BCUT2D eigenvalue weighted by molar-refractivity contribution is -0.116. The van der Waals surface area contributed by atoms with E-state index in [0.717, 1.165) is 16.5 Å². The average Bonchev–Trinajstić information content (AvgIpc) is 3.30. The van der Waals surface area contributed by atoms with E-state index >= 15 is 0 Å². The van der Waals surface area contributed by atoms with Gasteiger partial charge in [-0.2, -0.15) is 5.10 Å². The van der Waals surface area contributed by atoms with E-state index in [1.54, 1.807) is 4.57 Å². The molecule has 0 fully saturated rings. The van der Waals surface area contributed by atoms with E-state index in [4.69, 9.17) is 0 Å². The number of carbonyl (C=O) groups is 1. The number of H-pyrrole nitrogens is 1. The fraction of sp³-hybridized carbons (Fsp3) is 0.158. The molecule has 1 unspecified atom stereocenters. The molecule has 8 heteroatoms. The van der Waals surface area contributed by atoms with Crippen LogP contribution in [0.2, 0.25) is 0 Å². The Bertz CT molecular complexity index is 1240. The summed E-state index contributed by atoms with van der Waals surface area (Å²) in [6, 6.07) is 13.5. The number of anilines is 1. The highest BCUT2D eigenvalue weighted by molar-refractivity contribution is 7.99. The monoisotopic (exact) mass is 377 g/mol. The largest absolute Gasteiger partial charge is 0.325 e. The quantitative estimate of drug-likeness (QED) is 0.536. The van der Waals surface area contributed by atoms with E-state index in [1.807, 2.05) is 42.5 Å². The minimum Gasteiger partial charge on any atom is -0.325 e. The van der Waals surface area contributed by atoms with Gasteiger partial charge in [-0.25, -0.2) is 4.98 Å². The van der Waals surface area contributed by atoms with Crippen LogP contribution >= 0.6 is 11.8 Å². The van der Waals surface area contributed by atoms with E-state index in [0.29, 0.717) is 21.9 Å². The van der Waals surface area contributed by atoms with Gasteiger partial charge in [0.25, 0.3) is 5.56 Å². The Morgan fingerprint density at radius 3 is 3.00 bits per heavy atom. The highest BCUT2D eigenvalue weighted by atomic mass is 32.2. The van der Waals surface area contributed by atoms with Crippen molar-refractivity contribution < 1.29 is 4.79 Å². The Labute approximate surface area is 157 Å². The summed E-state index contributed by atoms with van der Waals surface area (Å²) in [7, 11) is 0. The summed E-state index contributed by atoms with van der Waals surface area (Å²) < 4.78 is 1.62. The Morgan fingerprint density at radius 1 is 1.22 bits per heavy atom. The number of benzene rings is 2. The van der Waals surface area contributed by atoms with Gasteiger partial charge in [0.1, 0.15) is 5.39 Å². The average molecular weight is 377 g/mol. The molecule has 0 spiro atoms. The predicted octanol–water partition coefficient (Wildman–Crippen LogP) is 2.95. The number of amides is 1. The maximum absolute atomic E-state index is 12.7. The number of nitrogens with zero attached hydrogens (tertiary/aromatic N) is 3. The molecular formula is C19H15N5O2S. The van der Waals surface area contributed by atoms with Gasteiger partial charge in [0.05, 0.1) is 12.2 Å². The highest BCUT2D eigenvalue weighted by Gasteiger charge is 2.29. The summed E-state index contributed by atoms with van der Waals surface area (Å²) in [4.78, 5) is 29.8. The lowest BCUT2D eigenvalue weighted by Crippen LogP contribution is -2.27. The van der Waals surface area contributed by atoms with Crippen LogP contribution in [0.3, 0.4) is 0 Å². The normalized spacial score (nSPS) is 15.9. The van der Waals surface area contributed by atoms with Crippen LogP contribution in [0.4, 0.5) is 5.69 Å². The van der Waals surface area contributed by atoms with Crippen LogP contribution in [-0.2, 0) is 4.79 Å². The number of hydrogen-bond donors (Lipinski definition) is 2. The summed E-state index contributed by atoms with van der Waals surface area (Å²) in [6.45, 7) is 0. The van der Waals surface area contributed by atoms with Gasteiger partial charge in [-0.1, -0.05) is 48.2 Å². The number of fused-ring (bicyclic) bond motifs is 3.